The molecule has 0 aromatic heterocycles. The molecule has 0 saturated heterocycles. The van der Waals surface area contributed by atoms with Crippen LogP contribution in [0.3, 0.4) is 0 Å². The van der Waals surface area contributed by atoms with Crippen LogP contribution < -0.4 is 4.74 Å². The van der Waals surface area contributed by atoms with Crippen molar-refractivity contribution in [1.82, 2.24) is 0 Å². The topological polar surface area (TPSA) is 35.5 Å². The summed E-state index contributed by atoms with van der Waals surface area (Å²) in [6.07, 6.45) is 1.31. The van der Waals surface area contributed by atoms with Gasteiger partial charge in [-0.05, 0) is 37.0 Å². The molecule has 1 rings (SSSR count). The summed E-state index contributed by atoms with van der Waals surface area (Å²) in [5.74, 6) is 1.19. The quantitative estimate of drug-likeness (QED) is 0.700. The monoisotopic (exact) mass is 264 g/mol. The minimum absolute atomic E-state index is 0.191. The molecule has 0 saturated carbocycles. The fourth-order valence-corrected chi connectivity index (χ4v) is 1.68. The lowest BCUT2D eigenvalue weighted by molar-refractivity contribution is -0.149. The number of esters is 1. The van der Waals surface area contributed by atoms with Crippen LogP contribution in [0.25, 0.3) is 0 Å². The molecule has 3 heteroatoms. The molecule has 2 unspecified atom stereocenters. The molecule has 1 aromatic carbocycles. The minimum atomic E-state index is -0.221. The zero-order valence-corrected chi connectivity index (χ0v) is 12.3. The minimum Gasteiger partial charge on any atom is -0.490 e. The summed E-state index contributed by atoms with van der Waals surface area (Å²) in [6, 6.07) is 8.12. The Bertz CT molecular complexity index is 383. The van der Waals surface area contributed by atoms with Crippen LogP contribution in [0.15, 0.2) is 24.3 Å². The highest BCUT2D eigenvalue weighted by Gasteiger charge is 2.08. The van der Waals surface area contributed by atoms with Gasteiger partial charge >= 0.3 is 5.97 Å². The maximum Gasteiger partial charge on any atom is 0.305 e. The van der Waals surface area contributed by atoms with Crippen LogP contribution in [-0.2, 0) is 9.53 Å². The van der Waals surface area contributed by atoms with Gasteiger partial charge in [-0.25, -0.2) is 0 Å². The van der Waals surface area contributed by atoms with Crippen LogP contribution in [-0.4, -0.2) is 18.7 Å². The third kappa shape index (κ3) is 5.33. The molecule has 0 radical (unpaired) electrons. The first-order valence-corrected chi connectivity index (χ1v) is 6.99. The van der Waals surface area contributed by atoms with Gasteiger partial charge < -0.3 is 9.47 Å². The SMILES string of the molecule is CCC(=O)OC(C)COc1ccc(C(C)CC)cc1. The van der Waals surface area contributed by atoms with E-state index in [1.807, 2.05) is 19.1 Å². The Morgan fingerprint density at radius 2 is 1.79 bits per heavy atom. The molecule has 0 fully saturated rings. The molecule has 106 valence electrons. The predicted molar refractivity (Wildman–Crippen MR) is 76.5 cm³/mol. The van der Waals surface area contributed by atoms with E-state index in [0.29, 0.717) is 18.9 Å². The van der Waals surface area contributed by atoms with Crippen molar-refractivity contribution in [3.8, 4) is 5.75 Å². The van der Waals surface area contributed by atoms with E-state index in [1.165, 1.54) is 5.56 Å². The second kappa shape index (κ2) is 7.82. The molecule has 0 heterocycles. The number of carbonyl (C=O) groups is 1. The highest BCUT2D eigenvalue weighted by atomic mass is 16.6. The van der Waals surface area contributed by atoms with Crippen molar-refractivity contribution in [2.45, 2.75) is 52.6 Å². The maximum absolute atomic E-state index is 11.1. The highest BCUT2D eigenvalue weighted by molar-refractivity contribution is 5.69. The highest BCUT2D eigenvalue weighted by Crippen LogP contribution is 2.21. The third-order valence-electron chi connectivity index (χ3n) is 3.17. The van der Waals surface area contributed by atoms with E-state index in [0.717, 1.165) is 12.2 Å². The van der Waals surface area contributed by atoms with Gasteiger partial charge in [-0.3, -0.25) is 4.79 Å². The molecule has 0 spiro atoms. The van der Waals surface area contributed by atoms with Gasteiger partial charge in [0.25, 0.3) is 0 Å². The predicted octanol–water partition coefficient (Wildman–Crippen LogP) is 3.92. The van der Waals surface area contributed by atoms with Gasteiger partial charge in [0, 0.05) is 6.42 Å². The Kier molecular flexibility index (Phi) is 6.40. The van der Waals surface area contributed by atoms with Crippen LogP contribution >= 0.6 is 0 Å². The zero-order valence-electron chi connectivity index (χ0n) is 12.3. The number of hydrogen-bond acceptors (Lipinski definition) is 3. The van der Waals surface area contributed by atoms with Crippen LogP contribution in [0.4, 0.5) is 0 Å². The number of benzene rings is 1. The third-order valence-corrected chi connectivity index (χ3v) is 3.17. The number of carbonyl (C=O) groups excluding carboxylic acids is 1. The van der Waals surface area contributed by atoms with Crippen molar-refractivity contribution >= 4 is 5.97 Å². The van der Waals surface area contributed by atoms with Gasteiger partial charge in [-0.2, -0.15) is 0 Å². The van der Waals surface area contributed by atoms with Crippen molar-refractivity contribution in [3.63, 3.8) is 0 Å². The average Bonchev–Trinajstić information content (AvgIpc) is 2.44. The average molecular weight is 264 g/mol. The standard InChI is InChI=1S/C16H24O3/c1-5-12(3)14-7-9-15(10-8-14)18-11-13(4)19-16(17)6-2/h7-10,12-13H,5-6,11H2,1-4H3. The van der Waals surface area contributed by atoms with E-state index < -0.39 is 0 Å². The maximum atomic E-state index is 11.1. The number of rotatable bonds is 7. The fraction of sp³-hybridized carbons (Fsp3) is 0.562. The summed E-state index contributed by atoms with van der Waals surface area (Å²) in [6.45, 7) is 8.39. The molecule has 0 aliphatic carbocycles. The lowest BCUT2D eigenvalue weighted by atomic mass is 9.99. The van der Waals surface area contributed by atoms with E-state index in [1.54, 1.807) is 6.92 Å². The molecule has 3 nitrogen and oxygen atoms in total. The largest absolute Gasteiger partial charge is 0.490 e. The van der Waals surface area contributed by atoms with Crippen LogP contribution in [0.1, 0.15) is 52.0 Å². The second-order valence-electron chi connectivity index (χ2n) is 4.84. The molecule has 0 aliphatic heterocycles. The van der Waals surface area contributed by atoms with Crippen molar-refractivity contribution in [2.75, 3.05) is 6.61 Å². The van der Waals surface area contributed by atoms with Crippen molar-refractivity contribution in [2.24, 2.45) is 0 Å². The molecule has 0 amide bonds. The van der Waals surface area contributed by atoms with Gasteiger partial charge in [0.05, 0.1) is 0 Å². The smallest absolute Gasteiger partial charge is 0.305 e. The van der Waals surface area contributed by atoms with Gasteiger partial charge in [-0.15, -0.1) is 0 Å². The molecule has 0 bridgehead atoms. The Labute approximate surface area is 115 Å². The van der Waals surface area contributed by atoms with E-state index in [4.69, 9.17) is 9.47 Å². The second-order valence-corrected chi connectivity index (χ2v) is 4.84. The van der Waals surface area contributed by atoms with Crippen LogP contribution in [0, 0.1) is 0 Å². The molecule has 0 aliphatic rings. The first-order chi connectivity index (χ1) is 9.06. The van der Waals surface area contributed by atoms with Gasteiger partial charge in [0.1, 0.15) is 18.5 Å². The number of hydrogen-bond donors (Lipinski definition) is 0. The van der Waals surface area contributed by atoms with Crippen molar-refractivity contribution < 1.29 is 14.3 Å². The Balaban J connectivity index is 2.43. The lowest BCUT2D eigenvalue weighted by Gasteiger charge is -2.15. The van der Waals surface area contributed by atoms with E-state index >= 15 is 0 Å². The summed E-state index contributed by atoms with van der Waals surface area (Å²) >= 11 is 0. The zero-order chi connectivity index (χ0) is 14.3. The van der Waals surface area contributed by atoms with Crippen LogP contribution in [0.2, 0.25) is 0 Å². The molecule has 0 N–H and O–H groups in total. The number of ether oxygens (including phenoxy) is 2. The first-order valence-electron chi connectivity index (χ1n) is 6.99. The van der Waals surface area contributed by atoms with Crippen molar-refractivity contribution in [3.05, 3.63) is 29.8 Å². The molecule has 1 aromatic rings. The Morgan fingerprint density at radius 3 is 2.32 bits per heavy atom. The normalized spacial score (nSPS) is 13.7. The summed E-state index contributed by atoms with van der Waals surface area (Å²) in [7, 11) is 0. The van der Waals surface area contributed by atoms with Crippen molar-refractivity contribution in [1.29, 1.82) is 0 Å². The van der Waals surface area contributed by atoms with E-state index in [2.05, 4.69) is 26.0 Å². The Morgan fingerprint density at radius 1 is 1.16 bits per heavy atom. The van der Waals surface area contributed by atoms with E-state index in [-0.39, 0.29) is 12.1 Å². The summed E-state index contributed by atoms with van der Waals surface area (Å²) < 4.78 is 10.7. The molecular weight excluding hydrogens is 240 g/mol. The summed E-state index contributed by atoms with van der Waals surface area (Å²) in [5, 5.41) is 0. The van der Waals surface area contributed by atoms with Gasteiger partial charge in [0.15, 0.2) is 0 Å². The van der Waals surface area contributed by atoms with Gasteiger partial charge in [-0.1, -0.05) is 32.9 Å². The lowest BCUT2D eigenvalue weighted by Crippen LogP contribution is -2.21. The molecule has 2 atom stereocenters. The fourth-order valence-electron chi connectivity index (χ4n) is 1.68. The molecular formula is C16H24O3. The first kappa shape index (κ1) is 15.5. The summed E-state index contributed by atoms with van der Waals surface area (Å²) in [5.41, 5.74) is 1.32. The van der Waals surface area contributed by atoms with Crippen LogP contribution in [0.5, 0.6) is 5.75 Å². The summed E-state index contributed by atoms with van der Waals surface area (Å²) in [4.78, 5) is 11.1. The van der Waals surface area contributed by atoms with E-state index in [9.17, 15) is 4.79 Å². The molecule has 19 heavy (non-hydrogen) atoms. The van der Waals surface area contributed by atoms with Gasteiger partial charge in [0.2, 0.25) is 0 Å². The Hall–Kier alpha value is -1.51.